The average Bonchev–Trinajstić information content (AvgIpc) is 3.17. The summed E-state index contributed by atoms with van der Waals surface area (Å²) in [7, 11) is 0. The number of hydrogen-bond acceptors (Lipinski definition) is 4. The molecule has 0 spiro atoms. The van der Waals surface area contributed by atoms with E-state index in [-0.39, 0.29) is 20.6 Å². The van der Waals surface area contributed by atoms with Crippen molar-refractivity contribution < 1.29 is 18.0 Å². The molecule has 1 amide bonds. The average molecular weight is 424 g/mol. The Morgan fingerprint density at radius 3 is 2.50 bits per heavy atom. The second kappa shape index (κ2) is 8.53. The van der Waals surface area contributed by atoms with Crippen LogP contribution in [0.4, 0.5) is 13.2 Å². The van der Waals surface area contributed by atoms with E-state index in [2.05, 4.69) is 15.5 Å². The van der Waals surface area contributed by atoms with Gasteiger partial charge < -0.3 is 5.32 Å². The van der Waals surface area contributed by atoms with E-state index in [9.17, 15) is 18.0 Å². The zero-order chi connectivity index (χ0) is 20.1. The molecule has 144 valence electrons. The second-order valence-electron chi connectivity index (χ2n) is 5.70. The number of hydrogen-bond donors (Lipinski definition) is 1. The fourth-order valence-electron chi connectivity index (χ4n) is 2.28. The summed E-state index contributed by atoms with van der Waals surface area (Å²) in [6.07, 6.45) is -3.09. The molecule has 4 nitrogen and oxygen atoms in total. The van der Waals surface area contributed by atoms with Gasteiger partial charge in [0.1, 0.15) is 0 Å². The highest BCUT2D eigenvalue weighted by atomic mass is 35.5. The minimum Gasteiger partial charge on any atom is -0.346 e. The minimum atomic E-state index is -4.44. The molecule has 0 aliphatic rings. The zero-order valence-electron chi connectivity index (χ0n) is 14.2. The van der Waals surface area contributed by atoms with Gasteiger partial charge in [0.05, 0.1) is 10.6 Å². The number of aromatic nitrogens is 2. The van der Waals surface area contributed by atoms with Gasteiger partial charge in [-0.05, 0) is 29.3 Å². The van der Waals surface area contributed by atoms with Crippen molar-refractivity contribution in [2.24, 2.45) is 0 Å². The molecule has 0 aliphatic heterocycles. The van der Waals surface area contributed by atoms with E-state index < -0.39 is 17.6 Å². The molecule has 9 heteroatoms. The Morgan fingerprint density at radius 2 is 1.79 bits per heavy atom. The van der Waals surface area contributed by atoms with Gasteiger partial charge in [0.25, 0.3) is 5.91 Å². The van der Waals surface area contributed by atoms with Gasteiger partial charge in [-0.15, -0.1) is 10.2 Å². The summed E-state index contributed by atoms with van der Waals surface area (Å²) < 4.78 is 38.4. The number of benzene rings is 2. The first-order chi connectivity index (χ1) is 13.3. The first-order valence-corrected chi connectivity index (χ1v) is 9.23. The van der Waals surface area contributed by atoms with E-state index in [0.717, 1.165) is 29.0 Å². The summed E-state index contributed by atoms with van der Waals surface area (Å²) in [5, 5.41) is 10.8. The highest BCUT2D eigenvalue weighted by Crippen LogP contribution is 2.31. The van der Waals surface area contributed by atoms with Gasteiger partial charge in [0.2, 0.25) is 5.01 Å². The van der Waals surface area contributed by atoms with Crippen LogP contribution in [-0.2, 0) is 12.7 Å². The zero-order valence-corrected chi connectivity index (χ0v) is 15.8. The molecule has 3 aromatic rings. The SMILES string of the molecule is O=C(NCc1ccccc1)c1nnc(/C(Cl)=C/c2cccc(C(F)(F)F)c2)s1. The van der Waals surface area contributed by atoms with Crippen molar-refractivity contribution >= 4 is 40.0 Å². The van der Waals surface area contributed by atoms with Crippen LogP contribution in [0.15, 0.2) is 54.6 Å². The molecule has 1 N–H and O–H groups in total. The van der Waals surface area contributed by atoms with Crippen molar-refractivity contribution in [2.45, 2.75) is 12.7 Å². The number of carbonyl (C=O) groups is 1. The van der Waals surface area contributed by atoms with Crippen molar-refractivity contribution in [3.8, 4) is 0 Å². The summed E-state index contributed by atoms with van der Waals surface area (Å²) in [5.74, 6) is -0.406. The van der Waals surface area contributed by atoms with Crippen molar-refractivity contribution in [3.05, 3.63) is 81.3 Å². The third-order valence-corrected chi connectivity index (χ3v) is 4.98. The lowest BCUT2D eigenvalue weighted by Gasteiger charge is -2.06. The van der Waals surface area contributed by atoms with E-state index >= 15 is 0 Å². The van der Waals surface area contributed by atoms with Crippen LogP contribution in [0.2, 0.25) is 0 Å². The first-order valence-electron chi connectivity index (χ1n) is 8.03. The molecule has 0 unspecified atom stereocenters. The number of rotatable bonds is 5. The van der Waals surface area contributed by atoms with Crippen molar-refractivity contribution in [3.63, 3.8) is 0 Å². The molecular formula is C19H13ClF3N3OS. The standard InChI is InChI=1S/C19H13ClF3N3OS/c20-15(10-13-7-4-8-14(9-13)19(21,22)23)17-25-26-18(28-17)16(27)24-11-12-5-2-1-3-6-12/h1-10H,11H2,(H,24,27)/b15-10-. The maximum atomic E-state index is 12.8. The molecule has 28 heavy (non-hydrogen) atoms. The van der Waals surface area contributed by atoms with Gasteiger partial charge in [-0.25, -0.2) is 0 Å². The molecule has 0 bridgehead atoms. The molecule has 0 radical (unpaired) electrons. The third kappa shape index (κ3) is 5.17. The number of carbonyl (C=O) groups excluding carboxylic acids is 1. The second-order valence-corrected chi connectivity index (χ2v) is 7.08. The maximum absolute atomic E-state index is 12.8. The largest absolute Gasteiger partial charge is 0.416 e. The van der Waals surface area contributed by atoms with Crippen LogP contribution in [-0.4, -0.2) is 16.1 Å². The van der Waals surface area contributed by atoms with Crippen LogP contribution in [0.25, 0.3) is 11.1 Å². The molecule has 3 rings (SSSR count). The minimum absolute atomic E-state index is 0.0962. The molecule has 0 fully saturated rings. The molecule has 0 saturated carbocycles. The highest BCUT2D eigenvalue weighted by Gasteiger charge is 2.30. The third-order valence-electron chi connectivity index (χ3n) is 3.63. The smallest absolute Gasteiger partial charge is 0.346 e. The van der Waals surface area contributed by atoms with Gasteiger partial charge in [0, 0.05) is 6.54 Å². The Labute approximate surface area is 167 Å². The number of amides is 1. The Bertz CT molecular complexity index is 1000. The van der Waals surface area contributed by atoms with Crippen molar-refractivity contribution in [1.29, 1.82) is 0 Å². The molecule has 1 aromatic heterocycles. The van der Waals surface area contributed by atoms with Gasteiger partial charge in [-0.3, -0.25) is 4.79 Å². The number of halogens is 4. The number of nitrogens with zero attached hydrogens (tertiary/aromatic N) is 2. The van der Waals surface area contributed by atoms with Crippen LogP contribution < -0.4 is 5.32 Å². The lowest BCUT2D eigenvalue weighted by atomic mass is 10.1. The lowest BCUT2D eigenvalue weighted by molar-refractivity contribution is -0.137. The van der Waals surface area contributed by atoms with Crippen molar-refractivity contribution in [1.82, 2.24) is 15.5 Å². The van der Waals surface area contributed by atoms with Gasteiger partial charge >= 0.3 is 6.18 Å². The fraction of sp³-hybridized carbons (Fsp3) is 0.105. The monoisotopic (exact) mass is 423 g/mol. The molecule has 2 aromatic carbocycles. The van der Waals surface area contributed by atoms with Gasteiger partial charge in [-0.1, -0.05) is 65.4 Å². The summed E-state index contributed by atoms with van der Waals surface area (Å²) in [6.45, 7) is 0.336. The summed E-state index contributed by atoms with van der Waals surface area (Å²) >= 11 is 7.11. The number of alkyl halides is 3. The van der Waals surface area contributed by atoms with E-state index in [0.29, 0.717) is 6.54 Å². The molecule has 0 saturated heterocycles. The van der Waals surface area contributed by atoms with Crippen LogP contribution in [0.1, 0.15) is 31.5 Å². The van der Waals surface area contributed by atoms with Crippen LogP contribution in [0.5, 0.6) is 0 Å². The predicted octanol–water partition coefficient (Wildman–Crippen LogP) is 5.22. The van der Waals surface area contributed by atoms with E-state index in [1.807, 2.05) is 30.3 Å². The first kappa shape index (κ1) is 20.0. The van der Waals surface area contributed by atoms with Crippen LogP contribution in [0, 0.1) is 0 Å². The molecule has 0 atom stereocenters. The number of nitrogens with one attached hydrogen (secondary N) is 1. The topological polar surface area (TPSA) is 54.9 Å². The Hall–Kier alpha value is -2.71. The fourth-order valence-corrected chi connectivity index (χ4v) is 3.23. The van der Waals surface area contributed by atoms with E-state index in [1.165, 1.54) is 18.2 Å². The quantitative estimate of drug-likeness (QED) is 0.611. The normalized spacial score (nSPS) is 12.1. The van der Waals surface area contributed by atoms with Crippen molar-refractivity contribution in [2.75, 3.05) is 0 Å². The van der Waals surface area contributed by atoms with E-state index in [1.54, 1.807) is 0 Å². The van der Waals surface area contributed by atoms with Gasteiger partial charge in [-0.2, -0.15) is 13.2 Å². The Morgan fingerprint density at radius 1 is 1.07 bits per heavy atom. The van der Waals surface area contributed by atoms with E-state index in [4.69, 9.17) is 11.6 Å². The summed E-state index contributed by atoms with van der Waals surface area (Å²) in [5.41, 5.74) is 0.428. The summed E-state index contributed by atoms with van der Waals surface area (Å²) in [6, 6.07) is 14.1. The summed E-state index contributed by atoms with van der Waals surface area (Å²) in [4.78, 5) is 12.2. The van der Waals surface area contributed by atoms with Crippen LogP contribution in [0.3, 0.4) is 0 Å². The lowest BCUT2D eigenvalue weighted by Crippen LogP contribution is -2.22. The van der Waals surface area contributed by atoms with Gasteiger partial charge in [0.15, 0.2) is 5.01 Å². The highest BCUT2D eigenvalue weighted by molar-refractivity contribution is 7.15. The van der Waals surface area contributed by atoms with Crippen LogP contribution >= 0.6 is 22.9 Å². The molecular weight excluding hydrogens is 411 g/mol. The molecule has 1 heterocycles. The predicted molar refractivity (Wildman–Crippen MR) is 103 cm³/mol. The Balaban J connectivity index is 1.70. The Kier molecular flexibility index (Phi) is 6.11. The molecule has 0 aliphatic carbocycles. The maximum Gasteiger partial charge on any atom is 0.416 e.